The Kier molecular flexibility index (Phi) is 4.02. The minimum atomic E-state index is -1.37. The van der Waals surface area contributed by atoms with E-state index >= 15 is 0 Å². The third-order valence-corrected chi connectivity index (χ3v) is 6.67. The van der Waals surface area contributed by atoms with Crippen LogP contribution in [-0.4, -0.2) is 17.9 Å². The molecule has 2 heterocycles. The van der Waals surface area contributed by atoms with Crippen LogP contribution >= 0.6 is 11.6 Å². The summed E-state index contributed by atoms with van der Waals surface area (Å²) >= 11 is 6.09. The predicted molar refractivity (Wildman–Crippen MR) is 111 cm³/mol. The maximum absolute atomic E-state index is 13.5. The minimum absolute atomic E-state index is 0.0155. The first-order valence-corrected chi connectivity index (χ1v) is 10.2. The van der Waals surface area contributed by atoms with Crippen LogP contribution in [0, 0.1) is 34.0 Å². The summed E-state index contributed by atoms with van der Waals surface area (Å²) < 4.78 is 0. The van der Waals surface area contributed by atoms with Gasteiger partial charge in [-0.05, 0) is 42.2 Å². The maximum atomic E-state index is 13.5. The van der Waals surface area contributed by atoms with Crippen molar-refractivity contribution in [1.82, 2.24) is 0 Å². The number of ketones is 1. The molecule has 142 valence electrons. The van der Waals surface area contributed by atoms with Crippen molar-refractivity contribution in [3.63, 3.8) is 0 Å². The van der Waals surface area contributed by atoms with E-state index in [9.17, 15) is 15.3 Å². The number of hydrogen-bond donors (Lipinski definition) is 0. The van der Waals surface area contributed by atoms with E-state index in [2.05, 4.69) is 12.1 Å². The Labute approximate surface area is 174 Å². The summed E-state index contributed by atoms with van der Waals surface area (Å²) in [6.07, 6.45) is 5.64. The van der Waals surface area contributed by atoms with Gasteiger partial charge >= 0.3 is 0 Å². The predicted octanol–water partition coefficient (Wildman–Crippen LogP) is 4.72. The van der Waals surface area contributed by atoms with Gasteiger partial charge in [0.15, 0.2) is 11.2 Å². The molecule has 0 spiro atoms. The highest BCUT2D eigenvalue weighted by Gasteiger charge is 2.64. The molecule has 0 unspecified atom stereocenters. The van der Waals surface area contributed by atoms with E-state index < -0.39 is 23.4 Å². The van der Waals surface area contributed by atoms with Gasteiger partial charge in [-0.3, -0.25) is 4.79 Å². The molecular weight excluding hydrogens is 382 g/mol. The largest absolute Gasteiger partial charge is 0.351 e. The quantitative estimate of drug-likeness (QED) is 0.748. The molecule has 2 aromatic carbocycles. The van der Waals surface area contributed by atoms with E-state index in [4.69, 9.17) is 11.6 Å². The molecule has 5 rings (SSSR count). The van der Waals surface area contributed by atoms with Gasteiger partial charge in [0.05, 0.1) is 24.2 Å². The lowest BCUT2D eigenvalue weighted by atomic mass is 9.69. The van der Waals surface area contributed by atoms with Gasteiger partial charge in [0.2, 0.25) is 0 Å². The van der Waals surface area contributed by atoms with Gasteiger partial charge in [-0.1, -0.05) is 54.1 Å². The molecular formula is C24H18ClN3O. The molecule has 1 aliphatic carbocycles. The van der Waals surface area contributed by atoms with Crippen LogP contribution in [0.1, 0.15) is 29.9 Å². The molecule has 4 nitrogen and oxygen atoms in total. The number of nitriles is 2. The van der Waals surface area contributed by atoms with Crippen molar-refractivity contribution >= 4 is 29.1 Å². The molecule has 0 aromatic heterocycles. The lowest BCUT2D eigenvalue weighted by Crippen LogP contribution is -2.44. The molecule has 0 radical (unpaired) electrons. The Bertz CT molecular complexity index is 1090. The van der Waals surface area contributed by atoms with Crippen LogP contribution in [0.4, 0.5) is 5.69 Å². The Balaban J connectivity index is 1.76. The van der Waals surface area contributed by atoms with Gasteiger partial charge < -0.3 is 4.90 Å². The molecule has 29 heavy (non-hydrogen) atoms. The summed E-state index contributed by atoms with van der Waals surface area (Å²) in [7, 11) is 0. The number of hydrogen-bond acceptors (Lipinski definition) is 4. The fourth-order valence-electron chi connectivity index (χ4n) is 4.91. The van der Waals surface area contributed by atoms with Gasteiger partial charge in [-0.15, -0.1) is 0 Å². The van der Waals surface area contributed by atoms with Crippen molar-refractivity contribution in [2.75, 3.05) is 4.90 Å². The summed E-state index contributed by atoms with van der Waals surface area (Å²) in [4.78, 5) is 15.6. The van der Waals surface area contributed by atoms with E-state index in [1.165, 1.54) is 0 Å². The second-order valence-corrected chi connectivity index (χ2v) is 8.45. The van der Waals surface area contributed by atoms with Crippen LogP contribution in [-0.2, 0) is 4.79 Å². The standard InChI is InChI=1S/C24H18ClN3O/c25-18-10-7-16(8-11-18)21-22(23(29)17-5-6-17)28-19-4-2-1-3-15(19)9-12-20(28)24(21,13-26)14-27/h1-4,7-12,17,20-22H,5-6H2/t20-,21+,22-/m1/s1. The van der Waals surface area contributed by atoms with Crippen LogP contribution in [0.2, 0.25) is 5.02 Å². The molecule has 3 aliphatic rings. The molecule has 1 saturated heterocycles. The third-order valence-electron chi connectivity index (χ3n) is 6.42. The van der Waals surface area contributed by atoms with Crippen molar-refractivity contribution in [1.29, 1.82) is 10.5 Å². The van der Waals surface area contributed by atoms with E-state index in [1.807, 2.05) is 53.5 Å². The van der Waals surface area contributed by atoms with Crippen molar-refractivity contribution in [2.45, 2.75) is 30.8 Å². The molecule has 2 aliphatic heterocycles. The Morgan fingerprint density at radius 2 is 1.76 bits per heavy atom. The van der Waals surface area contributed by atoms with Crippen LogP contribution < -0.4 is 4.90 Å². The number of nitrogens with zero attached hydrogens (tertiary/aromatic N) is 3. The fourth-order valence-corrected chi connectivity index (χ4v) is 5.04. The second-order valence-electron chi connectivity index (χ2n) is 8.01. The average molecular weight is 400 g/mol. The molecule has 2 fully saturated rings. The Morgan fingerprint density at radius 3 is 2.41 bits per heavy atom. The number of anilines is 1. The number of carbonyl (C=O) groups is 1. The third kappa shape index (κ3) is 2.53. The highest BCUT2D eigenvalue weighted by molar-refractivity contribution is 6.30. The number of halogens is 1. The van der Waals surface area contributed by atoms with E-state index in [1.54, 1.807) is 12.1 Å². The summed E-state index contributed by atoms with van der Waals surface area (Å²) in [5, 5.41) is 21.1. The fraction of sp³-hybridized carbons (Fsp3) is 0.292. The molecule has 1 saturated carbocycles. The van der Waals surface area contributed by atoms with Crippen molar-refractivity contribution in [2.24, 2.45) is 11.3 Å². The van der Waals surface area contributed by atoms with Crippen molar-refractivity contribution in [3.05, 3.63) is 70.8 Å². The minimum Gasteiger partial charge on any atom is -0.351 e. The molecule has 5 heteroatoms. The van der Waals surface area contributed by atoms with Gasteiger partial charge in [0, 0.05) is 22.5 Å². The lowest BCUT2D eigenvalue weighted by Gasteiger charge is -2.35. The highest BCUT2D eigenvalue weighted by Crippen LogP contribution is 2.56. The average Bonchev–Trinajstić information content (AvgIpc) is 3.56. The van der Waals surface area contributed by atoms with Gasteiger partial charge in [-0.2, -0.15) is 10.5 Å². The van der Waals surface area contributed by atoms with E-state index in [0.29, 0.717) is 5.02 Å². The molecule has 0 bridgehead atoms. The molecule has 3 atom stereocenters. The molecule has 0 amide bonds. The van der Waals surface area contributed by atoms with E-state index in [0.717, 1.165) is 29.7 Å². The van der Waals surface area contributed by atoms with E-state index in [-0.39, 0.29) is 11.7 Å². The maximum Gasteiger partial charge on any atom is 0.176 e. The van der Waals surface area contributed by atoms with Crippen LogP contribution in [0.5, 0.6) is 0 Å². The zero-order valence-corrected chi connectivity index (χ0v) is 16.4. The number of benzene rings is 2. The number of fused-ring (bicyclic) bond motifs is 3. The number of Topliss-reactive ketones (excluding diaryl/α,β-unsaturated/α-hetero) is 1. The first-order chi connectivity index (χ1) is 14.1. The van der Waals surface area contributed by atoms with Crippen molar-refractivity contribution < 1.29 is 4.79 Å². The number of rotatable bonds is 3. The summed E-state index contributed by atoms with van der Waals surface area (Å²) in [6.45, 7) is 0. The second kappa shape index (κ2) is 6.48. The monoisotopic (exact) mass is 399 g/mol. The zero-order chi connectivity index (χ0) is 20.2. The first-order valence-electron chi connectivity index (χ1n) is 9.78. The number of carbonyl (C=O) groups excluding carboxylic acids is 1. The highest BCUT2D eigenvalue weighted by atomic mass is 35.5. The smallest absolute Gasteiger partial charge is 0.176 e. The van der Waals surface area contributed by atoms with Crippen LogP contribution in [0.15, 0.2) is 54.6 Å². The number of para-hydroxylation sites is 1. The van der Waals surface area contributed by atoms with Crippen LogP contribution in [0.3, 0.4) is 0 Å². The van der Waals surface area contributed by atoms with Crippen molar-refractivity contribution in [3.8, 4) is 12.1 Å². The summed E-state index contributed by atoms with van der Waals surface area (Å²) in [5.41, 5.74) is 1.34. The SMILES string of the molecule is N#CC1(C#N)[C@@H](c2ccc(Cl)cc2)[C@H](C(=O)C2CC2)N2c3ccccc3C=C[C@@H]21. The summed E-state index contributed by atoms with van der Waals surface area (Å²) in [6, 6.07) is 18.7. The summed E-state index contributed by atoms with van der Waals surface area (Å²) in [5.74, 6) is -0.405. The normalized spacial score (nSPS) is 26.2. The zero-order valence-electron chi connectivity index (χ0n) is 15.6. The van der Waals surface area contributed by atoms with Crippen LogP contribution in [0.25, 0.3) is 6.08 Å². The van der Waals surface area contributed by atoms with Gasteiger partial charge in [0.25, 0.3) is 0 Å². The van der Waals surface area contributed by atoms with Gasteiger partial charge in [0.1, 0.15) is 0 Å². The first kappa shape index (κ1) is 18.0. The van der Waals surface area contributed by atoms with Gasteiger partial charge in [-0.25, -0.2) is 0 Å². The Hall–Kier alpha value is -3.08. The molecule has 2 aromatic rings. The molecule has 0 N–H and O–H groups in total. The Morgan fingerprint density at radius 1 is 1.07 bits per heavy atom. The lowest BCUT2D eigenvalue weighted by molar-refractivity contribution is -0.121. The topological polar surface area (TPSA) is 67.9 Å².